The van der Waals surface area contributed by atoms with Crippen LogP contribution in [0, 0.1) is 6.92 Å². The third-order valence-corrected chi connectivity index (χ3v) is 5.46. The Bertz CT molecular complexity index is 783. The number of hydrogen-bond acceptors (Lipinski definition) is 3. The molecule has 2 atom stereocenters. The number of rotatable bonds is 2. The molecule has 0 amide bonds. The van der Waals surface area contributed by atoms with Gasteiger partial charge in [-0.2, -0.15) is 0 Å². The minimum Gasteiger partial charge on any atom is -0.458 e. The Morgan fingerprint density at radius 1 is 1.29 bits per heavy atom. The first-order chi connectivity index (χ1) is 10.2. The maximum absolute atomic E-state index is 10.8. The first-order valence-electron chi connectivity index (χ1n) is 7.47. The molecule has 3 heteroatoms. The summed E-state index contributed by atoms with van der Waals surface area (Å²) in [6.45, 7) is 2.07. The van der Waals surface area contributed by atoms with Crippen molar-refractivity contribution >= 4 is 22.3 Å². The van der Waals surface area contributed by atoms with Crippen LogP contribution in [0.15, 0.2) is 40.1 Å². The molecule has 3 aromatic rings. The van der Waals surface area contributed by atoms with E-state index in [1.165, 1.54) is 16.0 Å². The maximum Gasteiger partial charge on any atom is 0.134 e. The highest BCUT2D eigenvalue weighted by atomic mass is 32.1. The first-order valence-corrected chi connectivity index (χ1v) is 8.35. The van der Waals surface area contributed by atoms with Crippen LogP contribution >= 0.6 is 11.3 Å². The van der Waals surface area contributed by atoms with E-state index >= 15 is 0 Å². The summed E-state index contributed by atoms with van der Waals surface area (Å²) in [7, 11) is 0. The topological polar surface area (TPSA) is 33.4 Å². The van der Waals surface area contributed by atoms with Crippen molar-refractivity contribution in [3.63, 3.8) is 0 Å². The number of aryl methyl sites for hydroxylation is 2. The van der Waals surface area contributed by atoms with Crippen LogP contribution < -0.4 is 0 Å². The van der Waals surface area contributed by atoms with Crippen LogP contribution in [0.3, 0.4) is 0 Å². The van der Waals surface area contributed by atoms with Crippen molar-refractivity contribution in [3.05, 3.63) is 57.5 Å². The Hall–Kier alpha value is -1.58. The van der Waals surface area contributed by atoms with E-state index in [0.717, 1.165) is 30.2 Å². The quantitative estimate of drug-likeness (QED) is 0.725. The highest BCUT2D eigenvalue weighted by Crippen LogP contribution is 2.43. The van der Waals surface area contributed by atoms with Gasteiger partial charge in [-0.15, -0.1) is 11.3 Å². The van der Waals surface area contributed by atoms with E-state index in [1.807, 2.05) is 18.2 Å². The number of fused-ring (bicyclic) bond motifs is 2. The molecule has 2 unspecified atom stereocenters. The molecular weight excluding hydrogens is 280 g/mol. The predicted molar refractivity (Wildman–Crippen MR) is 85.9 cm³/mol. The minimum atomic E-state index is -0.550. The van der Waals surface area contributed by atoms with Gasteiger partial charge in [0.05, 0.1) is 0 Å². The lowest BCUT2D eigenvalue weighted by Crippen LogP contribution is -2.15. The van der Waals surface area contributed by atoms with Gasteiger partial charge in [0.2, 0.25) is 0 Å². The summed E-state index contributed by atoms with van der Waals surface area (Å²) >= 11 is 1.81. The van der Waals surface area contributed by atoms with Crippen LogP contribution in [0.4, 0.5) is 0 Å². The van der Waals surface area contributed by atoms with E-state index in [0.29, 0.717) is 5.76 Å². The first kappa shape index (κ1) is 13.1. The normalized spacial score (nSPS) is 19.6. The third-order valence-electron chi connectivity index (χ3n) is 4.46. The van der Waals surface area contributed by atoms with Gasteiger partial charge < -0.3 is 9.52 Å². The average molecular weight is 298 g/mol. The van der Waals surface area contributed by atoms with Crippen LogP contribution in [0.2, 0.25) is 0 Å². The second kappa shape index (κ2) is 5.00. The second-order valence-electron chi connectivity index (χ2n) is 5.93. The molecule has 2 nitrogen and oxygen atoms in total. The maximum atomic E-state index is 10.8. The fraction of sp³-hybridized carbons (Fsp3) is 0.333. The van der Waals surface area contributed by atoms with E-state index in [2.05, 4.69) is 24.4 Å². The van der Waals surface area contributed by atoms with Crippen molar-refractivity contribution in [3.8, 4) is 0 Å². The summed E-state index contributed by atoms with van der Waals surface area (Å²) in [6, 6.07) is 10.3. The molecule has 21 heavy (non-hydrogen) atoms. The molecule has 0 bridgehead atoms. The van der Waals surface area contributed by atoms with Crippen molar-refractivity contribution in [2.75, 3.05) is 0 Å². The summed E-state index contributed by atoms with van der Waals surface area (Å²) in [5.41, 5.74) is 3.38. The fourth-order valence-electron chi connectivity index (χ4n) is 3.38. The lowest BCUT2D eigenvalue weighted by molar-refractivity contribution is 0.114. The number of hydrogen-bond donors (Lipinski definition) is 1. The van der Waals surface area contributed by atoms with Gasteiger partial charge in [-0.3, -0.25) is 0 Å². The second-order valence-corrected chi connectivity index (χ2v) is 6.93. The zero-order chi connectivity index (χ0) is 14.4. The number of benzene rings is 1. The van der Waals surface area contributed by atoms with Crippen molar-refractivity contribution in [1.29, 1.82) is 0 Å². The van der Waals surface area contributed by atoms with Gasteiger partial charge >= 0.3 is 0 Å². The van der Waals surface area contributed by atoms with E-state index < -0.39 is 6.10 Å². The molecule has 0 aliphatic heterocycles. The highest BCUT2D eigenvalue weighted by molar-refractivity contribution is 7.10. The number of furan rings is 1. The SMILES string of the molecule is Cc1ccc2oc(C(O)C3CCCc4sccc43)cc2c1. The Morgan fingerprint density at radius 2 is 2.19 bits per heavy atom. The van der Waals surface area contributed by atoms with Crippen molar-refractivity contribution in [1.82, 2.24) is 0 Å². The summed E-state index contributed by atoms with van der Waals surface area (Å²) in [5.74, 6) is 0.862. The smallest absolute Gasteiger partial charge is 0.134 e. The van der Waals surface area contributed by atoms with Crippen LogP contribution in [0.1, 0.15) is 46.6 Å². The Labute approximate surface area is 128 Å². The number of thiophene rings is 1. The van der Waals surface area contributed by atoms with E-state index in [9.17, 15) is 5.11 Å². The highest BCUT2D eigenvalue weighted by Gasteiger charge is 2.30. The zero-order valence-corrected chi connectivity index (χ0v) is 12.8. The molecule has 0 saturated heterocycles. The van der Waals surface area contributed by atoms with Crippen molar-refractivity contribution < 1.29 is 9.52 Å². The molecule has 108 valence electrons. The van der Waals surface area contributed by atoms with Crippen molar-refractivity contribution in [2.45, 2.75) is 38.2 Å². The van der Waals surface area contributed by atoms with E-state index in [-0.39, 0.29) is 5.92 Å². The van der Waals surface area contributed by atoms with Gasteiger partial charge in [0.25, 0.3) is 0 Å². The third kappa shape index (κ3) is 2.21. The molecule has 0 saturated carbocycles. The Kier molecular flexibility index (Phi) is 3.12. The standard InChI is InChI=1S/C18H18O2S/c1-11-5-6-15-12(9-11)10-16(20-15)18(19)14-3-2-4-17-13(14)7-8-21-17/h5-10,14,18-19H,2-4H2,1H3. The lowest BCUT2D eigenvalue weighted by atomic mass is 9.83. The molecule has 2 aromatic heterocycles. The minimum absolute atomic E-state index is 0.168. The van der Waals surface area contributed by atoms with Crippen LogP contribution in [0.5, 0.6) is 0 Å². The van der Waals surface area contributed by atoms with Gasteiger partial charge in [0.1, 0.15) is 17.4 Å². The molecule has 2 heterocycles. The van der Waals surface area contributed by atoms with Crippen LogP contribution in [-0.2, 0) is 6.42 Å². The summed E-state index contributed by atoms with van der Waals surface area (Å²) < 4.78 is 5.88. The van der Waals surface area contributed by atoms with E-state index in [4.69, 9.17) is 4.42 Å². The van der Waals surface area contributed by atoms with Gasteiger partial charge in [-0.05, 0) is 61.4 Å². The molecule has 0 radical (unpaired) electrons. The zero-order valence-electron chi connectivity index (χ0n) is 12.0. The fourth-order valence-corrected chi connectivity index (χ4v) is 4.37. The molecule has 1 aromatic carbocycles. The molecule has 1 N–H and O–H groups in total. The molecule has 4 rings (SSSR count). The molecule has 0 fully saturated rings. The Morgan fingerprint density at radius 3 is 3.10 bits per heavy atom. The van der Waals surface area contributed by atoms with Crippen LogP contribution in [0.25, 0.3) is 11.0 Å². The van der Waals surface area contributed by atoms with Crippen LogP contribution in [-0.4, -0.2) is 5.11 Å². The summed E-state index contributed by atoms with van der Waals surface area (Å²) in [4.78, 5) is 1.43. The van der Waals surface area contributed by atoms with Crippen molar-refractivity contribution in [2.24, 2.45) is 0 Å². The average Bonchev–Trinajstić information content (AvgIpc) is 3.11. The lowest BCUT2D eigenvalue weighted by Gasteiger charge is -2.26. The number of aliphatic hydroxyl groups excluding tert-OH is 1. The van der Waals surface area contributed by atoms with Gasteiger partial charge in [0.15, 0.2) is 0 Å². The predicted octanol–water partition coefficient (Wildman–Crippen LogP) is 4.96. The number of aliphatic hydroxyl groups is 1. The Balaban J connectivity index is 1.72. The largest absolute Gasteiger partial charge is 0.458 e. The van der Waals surface area contributed by atoms with Gasteiger partial charge in [-0.1, -0.05) is 11.6 Å². The molecule has 1 aliphatic rings. The molecule has 1 aliphatic carbocycles. The van der Waals surface area contributed by atoms with Gasteiger partial charge in [-0.25, -0.2) is 0 Å². The summed E-state index contributed by atoms with van der Waals surface area (Å²) in [6.07, 6.45) is 2.77. The molecular formula is C18H18O2S. The monoisotopic (exact) mass is 298 g/mol. The van der Waals surface area contributed by atoms with E-state index in [1.54, 1.807) is 11.3 Å². The van der Waals surface area contributed by atoms with Gasteiger partial charge in [0, 0.05) is 16.2 Å². The molecule has 0 spiro atoms. The summed E-state index contributed by atoms with van der Waals surface area (Å²) in [5, 5.41) is 14.0.